The Hall–Kier alpha value is -4.28. The second-order valence-corrected chi connectivity index (χ2v) is 19.4. The zero-order chi connectivity index (χ0) is 46.4. The van der Waals surface area contributed by atoms with E-state index in [0.29, 0.717) is 45.4 Å². The van der Waals surface area contributed by atoms with Gasteiger partial charge in [-0.2, -0.15) is 0 Å². The summed E-state index contributed by atoms with van der Waals surface area (Å²) in [6.07, 6.45) is 22.4. The number of allylic oxidation sites excluding steroid dienone is 8. The van der Waals surface area contributed by atoms with E-state index < -0.39 is 11.9 Å². The molecule has 0 saturated carbocycles. The zero-order valence-electron chi connectivity index (χ0n) is 41.3. The number of hydrogen-bond acceptors (Lipinski definition) is 8. The number of carbonyl (C=O) groups excluding carboxylic acids is 2. The van der Waals surface area contributed by atoms with E-state index in [2.05, 4.69) is 62.0 Å². The molecule has 1 aromatic heterocycles. The van der Waals surface area contributed by atoms with E-state index in [-0.39, 0.29) is 59.6 Å². The van der Waals surface area contributed by atoms with Crippen molar-refractivity contribution in [2.24, 2.45) is 50.5 Å². The summed E-state index contributed by atoms with van der Waals surface area (Å²) < 4.78 is 11.0. The van der Waals surface area contributed by atoms with Crippen molar-refractivity contribution in [1.29, 1.82) is 0 Å². The van der Waals surface area contributed by atoms with Gasteiger partial charge in [-0.05, 0) is 117 Å². The number of carbonyl (C=O) groups is 2. The maximum atomic E-state index is 14.4. The number of hydrogen-bond donors (Lipinski definition) is 0. The van der Waals surface area contributed by atoms with Crippen LogP contribution in [0.15, 0.2) is 90.8 Å². The Bertz CT molecular complexity index is 2450. The Morgan fingerprint density at radius 1 is 0.892 bits per heavy atom. The maximum Gasteiger partial charge on any atom is 2.00 e. The number of nitrogens with zero attached hydrogens (tertiary/aromatic N) is 4. The quantitative estimate of drug-likeness (QED) is 0.0729. The second kappa shape index (κ2) is 22.9. The van der Waals surface area contributed by atoms with E-state index >= 15 is 0 Å². The minimum absolute atomic E-state index is 0. The van der Waals surface area contributed by atoms with Crippen molar-refractivity contribution < 1.29 is 24.2 Å². The van der Waals surface area contributed by atoms with Crippen molar-refractivity contribution in [2.75, 3.05) is 13.7 Å². The van der Waals surface area contributed by atoms with Crippen molar-refractivity contribution in [3.05, 3.63) is 97.7 Å². The van der Waals surface area contributed by atoms with Gasteiger partial charge in [-0.3, -0.25) is 14.6 Å². The molecule has 0 radical (unpaired) electrons. The van der Waals surface area contributed by atoms with Crippen LogP contribution in [0.2, 0.25) is 0 Å². The molecule has 9 nitrogen and oxygen atoms in total. The van der Waals surface area contributed by atoms with Gasteiger partial charge < -0.3 is 19.6 Å². The van der Waals surface area contributed by atoms with Crippen LogP contribution in [0, 0.1) is 42.4 Å². The van der Waals surface area contributed by atoms with Gasteiger partial charge in [0.1, 0.15) is 6.61 Å². The normalized spacial score (nSPS) is 21.2. The minimum atomic E-state index is -1.22. The summed E-state index contributed by atoms with van der Waals surface area (Å²) in [5.74, 6) is -0.711. The number of rotatable bonds is 20. The van der Waals surface area contributed by atoms with Crippen molar-refractivity contribution in [1.82, 2.24) is 4.98 Å². The number of methoxy groups -OCH3 is 1. The van der Waals surface area contributed by atoms with Gasteiger partial charge in [-0.15, -0.1) is 16.8 Å². The molecule has 0 spiro atoms. The van der Waals surface area contributed by atoms with Gasteiger partial charge in [0, 0.05) is 35.2 Å². The molecule has 1 aliphatic carbocycles. The molecule has 6 rings (SSSR count). The molecule has 5 heterocycles. The summed E-state index contributed by atoms with van der Waals surface area (Å²) in [7, 11) is 1.30. The van der Waals surface area contributed by atoms with Gasteiger partial charge in [0.05, 0.1) is 35.8 Å². The second-order valence-electron chi connectivity index (χ2n) is 19.4. The van der Waals surface area contributed by atoms with Crippen molar-refractivity contribution in [2.45, 2.75) is 146 Å². The molecule has 0 aromatic carbocycles. The van der Waals surface area contributed by atoms with Gasteiger partial charge in [0.15, 0.2) is 0 Å². The van der Waals surface area contributed by atoms with Crippen LogP contribution in [0.4, 0.5) is 0 Å². The van der Waals surface area contributed by atoms with Crippen molar-refractivity contribution in [3.63, 3.8) is 0 Å². The molecule has 0 fully saturated rings. The Kier molecular flexibility index (Phi) is 18.3. The molecule has 0 N–H and O–H groups in total. The van der Waals surface area contributed by atoms with E-state index in [9.17, 15) is 14.7 Å². The first-order valence-electron chi connectivity index (χ1n) is 24.0. The molecule has 344 valence electrons. The van der Waals surface area contributed by atoms with Crippen LogP contribution in [0.3, 0.4) is 0 Å². The fourth-order valence-electron chi connectivity index (χ4n) is 10.1. The molecule has 5 aliphatic rings. The summed E-state index contributed by atoms with van der Waals surface area (Å²) in [4.78, 5) is 47.5. The van der Waals surface area contributed by atoms with Gasteiger partial charge >= 0.3 is 35.0 Å². The van der Waals surface area contributed by atoms with Crippen LogP contribution < -0.4 is 20.7 Å². The molecule has 4 aliphatic heterocycles. The fraction of sp³-hybridized carbons (Fsp3) is 0.545. The Balaban J connectivity index is 0.00000793. The molecule has 65 heavy (non-hydrogen) atoms. The predicted octanol–water partition coefficient (Wildman–Crippen LogP) is 9.67. The van der Waals surface area contributed by atoms with Crippen LogP contribution in [0.5, 0.6) is 0 Å². The molecule has 0 saturated heterocycles. The smallest absolute Gasteiger partial charge is 0.874 e. The fourth-order valence-corrected chi connectivity index (χ4v) is 10.1. The molecule has 10 heteroatoms. The Morgan fingerprint density at radius 3 is 2.18 bits per heavy atom. The molecule has 0 unspecified atom stereocenters. The average Bonchev–Trinajstić information content (AvgIpc) is 3.99. The molecule has 0 amide bonds. The molecule has 8 bridgehead atoms. The topological polar surface area (TPSA) is 127 Å². The Morgan fingerprint density at radius 2 is 1.54 bits per heavy atom. The number of aromatic nitrogens is 1. The summed E-state index contributed by atoms with van der Waals surface area (Å²) in [6, 6.07) is 0. The molecular formula is C55H72MgN4O5. The zero-order valence-corrected chi connectivity index (χ0v) is 42.7. The third-order valence-electron chi connectivity index (χ3n) is 14.2. The van der Waals surface area contributed by atoms with Crippen LogP contribution >= 0.6 is 0 Å². The summed E-state index contributed by atoms with van der Waals surface area (Å²) >= 11 is 0. The third-order valence-corrected chi connectivity index (χ3v) is 14.2. The molecule has 1 aromatic rings. The standard InChI is InChI=1S/C55H73N4O5.Mg/c1-13-39-35(8)42-28-44-37(10)41(24-25-48(60)64-27-26-34(7)23-17-22-33(6)21-16-20-32(5)19-15-18-31(3)4)52(58-44)50-51(55(62)63-12)54(61)49-38(11)45(59-53(49)50)30-47-40(14-2)36(9)43(57-47)29-46(39)56-42;/h13,26,28-33,37,41,51H,1,14-25,27H2,2-12H3,(H-,56,57,58,59,61);/q-1;+2/p-1/b34-26+;/t32-,33-,37+,41+,51+;/m1./s1. The SMILES string of the molecule is C=CC1=C(C)C2=NC1=CC1=NC(=Cc3[n-]c4c(c3C)=C([O-])[C@@H](C(=O)OC)C=4C3=NC(=C2)[C@@H](C)[C@@H]3CCC(=O)OC/C=C(\C)CCC[C@H](C)CCC[C@H](C)CCCC(C)C)C(CC)=C1C.[Mg+2]. The van der Waals surface area contributed by atoms with Crippen molar-refractivity contribution in [3.8, 4) is 0 Å². The van der Waals surface area contributed by atoms with Crippen LogP contribution in [0.1, 0.15) is 151 Å². The number of ether oxygens (including phenoxy) is 2. The number of esters is 2. The first-order chi connectivity index (χ1) is 30.6. The summed E-state index contributed by atoms with van der Waals surface area (Å²) in [5, 5.41) is 15.2. The van der Waals surface area contributed by atoms with Crippen molar-refractivity contribution >= 4 is 69.5 Å². The van der Waals surface area contributed by atoms with Gasteiger partial charge in [0.2, 0.25) is 0 Å². The maximum absolute atomic E-state index is 14.4. The van der Waals surface area contributed by atoms with E-state index in [1.807, 2.05) is 44.2 Å². The largest absolute Gasteiger partial charge is 2.00 e. The number of aliphatic imine (C=N–C) groups is 3. The Labute approximate surface area is 404 Å². The number of fused-ring (bicyclic) bond motifs is 5. The van der Waals surface area contributed by atoms with Gasteiger partial charge in [-0.25, -0.2) is 9.98 Å². The minimum Gasteiger partial charge on any atom is -0.874 e. The van der Waals surface area contributed by atoms with E-state index in [1.165, 1.54) is 57.6 Å². The van der Waals surface area contributed by atoms with E-state index in [4.69, 9.17) is 29.4 Å². The predicted molar refractivity (Wildman–Crippen MR) is 265 cm³/mol. The average molecular weight is 894 g/mol. The molecule has 5 atom stereocenters. The van der Waals surface area contributed by atoms with Gasteiger partial charge in [0.25, 0.3) is 0 Å². The van der Waals surface area contributed by atoms with Gasteiger partial charge in [-0.1, -0.05) is 116 Å². The van der Waals surface area contributed by atoms with Crippen LogP contribution in [0.25, 0.3) is 17.4 Å². The summed E-state index contributed by atoms with van der Waals surface area (Å²) in [6.45, 7) is 26.0. The summed E-state index contributed by atoms with van der Waals surface area (Å²) in [5.41, 5.74) is 11.4. The third kappa shape index (κ3) is 11.6. The first-order valence-corrected chi connectivity index (χ1v) is 24.0. The van der Waals surface area contributed by atoms with E-state index in [1.54, 1.807) is 0 Å². The molecular weight excluding hydrogens is 821 g/mol. The van der Waals surface area contributed by atoms with Crippen LogP contribution in [-0.4, -0.2) is 65.8 Å². The monoisotopic (exact) mass is 893 g/mol. The van der Waals surface area contributed by atoms with Crippen LogP contribution in [-0.2, 0) is 19.1 Å². The van der Waals surface area contributed by atoms with E-state index in [0.717, 1.165) is 81.9 Å². The first kappa shape index (κ1) is 51.7.